The van der Waals surface area contributed by atoms with Gasteiger partial charge in [-0.1, -0.05) is 16.6 Å². The highest BCUT2D eigenvalue weighted by Crippen LogP contribution is 2.06. The van der Waals surface area contributed by atoms with E-state index in [4.69, 9.17) is 5.11 Å². The van der Waals surface area contributed by atoms with Crippen molar-refractivity contribution in [2.45, 2.75) is 6.42 Å². The number of carbonyl (C=O) groups excluding carboxylic acids is 1. The van der Waals surface area contributed by atoms with Gasteiger partial charge in [0.25, 0.3) is 5.91 Å². The Labute approximate surface area is 113 Å². The number of aromatic nitrogens is 2. The number of carboxylic acid groups (broad SMARTS) is 1. The highest BCUT2D eigenvalue weighted by molar-refractivity contribution is 7.07. The number of carbonyl (C=O) groups is 2. The van der Waals surface area contributed by atoms with E-state index in [2.05, 4.69) is 14.9 Å². The molecule has 0 aliphatic rings. The largest absolute Gasteiger partial charge is 0.478 e. The van der Waals surface area contributed by atoms with E-state index in [0.29, 0.717) is 17.8 Å². The molecule has 0 atom stereocenters. The second-order valence-electron chi connectivity index (χ2n) is 3.79. The van der Waals surface area contributed by atoms with E-state index >= 15 is 0 Å². The maximum atomic E-state index is 11.6. The molecule has 0 aliphatic carbocycles. The summed E-state index contributed by atoms with van der Waals surface area (Å²) in [5.41, 5.74) is 1.11. The quantitative estimate of drug-likeness (QED) is 0.857. The summed E-state index contributed by atoms with van der Waals surface area (Å²) in [6.07, 6.45) is 1.98. The monoisotopic (exact) mass is 277 g/mol. The zero-order chi connectivity index (χ0) is 13.7. The number of aromatic carboxylic acids is 1. The summed E-state index contributed by atoms with van der Waals surface area (Å²) in [6.45, 7) is 0.430. The van der Waals surface area contributed by atoms with Crippen LogP contribution in [0.5, 0.6) is 0 Å². The molecule has 1 heterocycles. The maximum Gasteiger partial charge on any atom is 0.335 e. The van der Waals surface area contributed by atoms with Crippen molar-refractivity contribution in [2.24, 2.45) is 0 Å². The van der Waals surface area contributed by atoms with Crippen LogP contribution in [0.2, 0.25) is 0 Å². The van der Waals surface area contributed by atoms with Gasteiger partial charge in [0.1, 0.15) is 4.88 Å². The molecule has 98 valence electrons. The Bertz CT molecular complexity index is 584. The standard InChI is InChI=1S/C12H11N3O3S/c16-11(10-7-14-15-19-10)13-5-4-8-2-1-3-9(6-8)12(17)18/h1-3,6-7H,4-5H2,(H,13,16)(H,17,18). The van der Waals surface area contributed by atoms with Crippen LogP contribution in [0.4, 0.5) is 0 Å². The molecule has 0 spiro atoms. The fourth-order valence-corrected chi connectivity index (χ4v) is 1.97. The van der Waals surface area contributed by atoms with E-state index in [0.717, 1.165) is 17.1 Å². The second-order valence-corrected chi connectivity index (χ2v) is 4.58. The van der Waals surface area contributed by atoms with Crippen molar-refractivity contribution in [3.8, 4) is 0 Å². The lowest BCUT2D eigenvalue weighted by atomic mass is 10.1. The highest BCUT2D eigenvalue weighted by Gasteiger charge is 2.08. The summed E-state index contributed by atoms with van der Waals surface area (Å²) in [4.78, 5) is 22.9. The molecule has 2 N–H and O–H groups in total. The normalized spacial score (nSPS) is 10.1. The lowest BCUT2D eigenvalue weighted by Crippen LogP contribution is -2.24. The van der Waals surface area contributed by atoms with Crippen LogP contribution in [-0.4, -0.2) is 33.1 Å². The van der Waals surface area contributed by atoms with Crippen LogP contribution in [0, 0.1) is 0 Å². The van der Waals surface area contributed by atoms with Crippen LogP contribution >= 0.6 is 11.5 Å². The minimum Gasteiger partial charge on any atom is -0.478 e. The van der Waals surface area contributed by atoms with Gasteiger partial charge in [0.15, 0.2) is 0 Å². The minimum atomic E-state index is -0.957. The third kappa shape index (κ3) is 3.59. The zero-order valence-corrected chi connectivity index (χ0v) is 10.7. The maximum absolute atomic E-state index is 11.6. The number of nitrogens with one attached hydrogen (secondary N) is 1. The molecule has 1 aromatic heterocycles. The van der Waals surface area contributed by atoms with Gasteiger partial charge in [0.05, 0.1) is 11.8 Å². The Morgan fingerprint density at radius 1 is 1.37 bits per heavy atom. The molecule has 0 unspecified atom stereocenters. The average molecular weight is 277 g/mol. The molecule has 1 aromatic carbocycles. The molecule has 0 bridgehead atoms. The summed E-state index contributed by atoms with van der Waals surface area (Å²) in [5.74, 6) is -1.17. The van der Waals surface area contributed by atoms with Gasteiger partial charge in [-0.05, 0) is 35.6 Å². The fourth-order valence-electron chi connectivity index (χ4n) is 1.53. The van der Waals surface area contributed by atoms with E-state index in [1.807, 2.05) is 6.07 Å². The van der Waals surface area contributed by atoms with E-state index in [9.17, 15) is 9.59 Å². The molecule has 0 saturated carbocycles. The van der Waals surface area contributed by atoms with Crippen molar-refractivity contribution in [1.82, 2.24) is 14.9 Å². The smallest absolute Gasteiger partial charge is 0.335 e. The molecular weight excluding hydrogens is 266 g/mol. The predicted octanol–water partition coefficient (Wildman–Crippen LogP) is 1.21. The molecule has 0 aliphatic heterocycles. The van der Waals surface area contributed by atoms with E-state index < -0.39 is 5.97 Å². The number of hydrogen-bond donors (Lipinski definition) is 2. The highest BCUT2D eigenvalue weighted by atomic mass is 32.1. The Morgan fingerprint density at radius 2 is 2.21 bits per heavy atom. The average Bonchev–Trinajstić information content (AvgIpc) is 2.93. The molecule has 0 fully saturated rings. The van der Waals surface area contributed by atoms with Gasteiger partial charge >= 0.3 is 5.97 Å². The summed E-state index contributed by atoms with van der Waals surface area (Å²) >= 11 is 1.03. The molecule has 6 nitrogen and oxygen atoms in total. The number of benzene rings is 1. The van der Waals surface area contributed by atoms with E-state index in [-0.39, 0.29) is 11.5 Å². The van der Waals surface area contributed by atoms with Gasteiger partial charge in [-0.3, -0.25) is 4.79 Å². The molecule has 2 aromatic rings. The van der Waals surface area contributed by atoms with Gasteiger partial charge in [0.2, 0.25) is 0 Å². The van der Waals surface area contributed by atoms with Crippen LogP contribution < -0.4 is 5.32 Å². The molecular formula is C12H11N3O3S. The molecule has 0 radical (unpaired) electrons. The minimum absolute atomic E-state index is 0.218. The number of nitrogens with zero attached hydrogens (tertiary/aromatic N) is 2. The van der Waals surface area contributed by atoms with Gasteiger partial charge in [-0.15, -0.1) is 5.10 Å². The SMILES string of the molecule is O=C(O)c1cccc(CCNC(=O)c2cnns2)c1. The predicted molar refractivity (Wildman–Crippen MR) is 69.3 cm³/mol. The number of carboxylic acids is 1. The van der Waals surface area contributed by atoms with E-state index in [1.165, 1.54) is 12.3 Å². The number of amides is 1. The number of hydrogen-bond acceptors (Lipinski definition) is 5. The van der Waals surface area contributed by atoms with Gasteiger partial charge in [0, 0.05) is 6.54 Å². The van der Waals surface area contributed by atoms with Crippen LogP contribution in [0.15, 0.2) is 30.5 Å². The Hall–Kier alpha value is -2.28. The van der Waals surface area contributed by atoms with Gasteiger partial charge in [-0.25, -0.2) is 4.79 Å². The summed E-state index contributed by atoms with van der Waals surface area (Å²) in [5, 5.41) is 15.2. The fraction of sp³-hybridized carbons (Fsp3) is 0.167. The van der Waals surface area contributed by atoms with Gasteiger partial charge < -0.3 is 10.4 Å². The molecule has 19 heavy (non-hydrogen) atoms. The second kappa shape index (κ2) is 6.05. The Kier molecular flexibility index (Phi) is 4.19. The lowest BCUT2D eigenvalue weighted by molar-refractivity contribution is 0.0696. The molecule has 1 amide bonds. The first kappa shape index (κ1) is 13.2. The first-order valence-electron chi connectivity index (χ1n) is 5.54. The summed E-state index contributed by atoms with van der Waals surface area (Å²) < 4.78 is 3.61. The molecule has 7 heteroatoms. The van der Waals surface area contributed by atoms with Crippen LogP contribution in [-0.2, 0) is 6.42 Å². The van der Waals surface area contributed by atoms with Crippen molar-refractivity contribution in [2.75, 3.05) is 6.54 Å². The lowest BCUT2D eigenvalue weighted by Gasteiger charge is -2.04. The Balaban J connectivity index is 1.87. The third-order valence-corrected chi connectivity index (χ3v) is 3.12. The van der Waals surface area contributed by atoms with Crippen molar-refractivity contribution in [3.05, 3.63) is 46.5 Å². The van der Waals surface area contributed by atoms with Crippen molar-refractivity contribution in [1.29, 1.82) is 0 Å². The zero-order valence-electron chi connectivity index (χ0n) is 9.87. The van der Waals surface area contributed by atoms with Crippen LogP contribution in [0.3, 0.4) is 0 Å². The Morgan fingerprint density at radius 3 is 2.89 bits per heavy atom. The topological polar surface area (TPSA) is 92.2 Å². The van der Waals surface area contributed by atoms with Crippen molar-refractivity contribution < 1.29 is 14.7 Å². The van der Waals surface area contributed by atoms with Crippen LogP contribution in [0.1, 0.15) is 25.6 Å². The third-order valence-electron chi connectivity index (χ3n) is 2.46. The first-order valence-corrected chi connectivity index (χ1v) is 6.32. The van der Waals surface area contributed by atoms with Crippen molar-refractivity contribution in [3.63, 3.8) is 0 Å². The molecule has 0 saturated heterocycles. The first-order chi connectivity index (χ1) is 9.16. The number of rotatable bonds is 5. The van der Waals surface area contributed by atoms with Crippen LogP contribution in [0.25, 0.3) is 0 Å². The van der Waals surface area contributed by atoms with E-state index in [1.54, 1.807) is 12.1 Å². The molecule has 2 rings (SSSR count). The summed E-state index contributed by atoms with van der Waals surface area (Å²) in [7, 11) is 0. The van der Waals surface area contributed by atoms with Gasteiger partial charge in [-0.2, -0.15) is 0 Å². The summed E-state index contributed by atoms with van der Waals surface area (Å²) in [6, 6.07) is 6.65. The van der Waals surface area contributed by atoms with Crippen molar-refractivity contribution >= 4 is 23.4 Å².